The maximum absolute atomic E-state index is 13.6. The van der Waals surface area contributed by atoms with Crippen LogP contribution in [-0.4, -0.2) is 51.9 Å². The number of amides is 1. The lowest BCUT2D eigenvalue weighted by molar-refractivity contribution is -0.134. The summed E-state index contributed by atoms with van der Waals surface area (Å²) in [5.74, 6) is 1.33. The zero-order valence-electron chi connectivity index (χ0n) is 18.0. The molecular weight excluding hydrogens is 436 g/mol. The van der Waals surface area contributed by atoms with Crippen LogP contribution in [0.3, 0.4) is 0 Å². The van der Waals surface area contributed by atoms with Gasteiger partial charge in [-0.15, -0.1) is 10.2 Å². The van der Waals surface area contributed by atoms with Crippen molar-refractivity contribution in [2.24, 2.45) is 0 Å². The summed E-state index contributed by atoms with van der Waals surface area (Å²) in [7, 11) is 0. The van der Waals surface area contributed by atoms with E-state index in [-0.39, 0.29) is 5.91 Å². The van der Waals surface area contributed by atoms with E-state index < -0.39 is 5.25 Å². The number of furan rings is 1. The highest BCUT2D eigenvalue weighted by molar-refractivity contribution is 8.00. The van der Waals surface area contributed by atoms with Crippen molar-refractivity contribution in [1.29, 1.82) is 0 Å². The highest BCUT2D eigenvalue weighted by Gasteiger charge is 2.30. The summed E-state index contributed by atoms with van der Waals surface area (Å²) < 4.78 is 13.1. The summed E-state index contributed by atoms with van der Waals surface area (Å²) in [5.41, 5.74) is 2.05. The second-order valence-electron chi connectivity index (χ2n) is 7.70. The number of hydrogen-bond acceptors (Lipinski definition) is 6. The van der Waals surface area contributed by atoms with Crippen molar-refractivity contribution in [3.05, 3.63) is 90.2 Å². The average molecular weight is 461 g/mol. The molecule has 2 aromatic carbocycles. The summed E-state index contributed by atoms with van der Waals surface area (Å²) >= 11 is 1.42. The highest BCUT2D eigenvalue weighted by Crippen LogP contribution is 2.37. The maximum atomic E-state index is 13.6. The Morgan fingerprint density at radius 3 is 2.36 bits per heavy atom. The number of ether oxygens (including phenoxy) is 1. The molecule has 33 heavy (non-hydrogen) atoms. The third kappa shape index (κ3) is 4.86. The van der Waals surface area contributed by atoms with Crippen LogP contribution in [0.25, 0.3) is 11.6 Å². The number of thioether (sulfide) groups is 1. The fourth-order valence-corrected chi connectivity index (χ4v) is 4.94. The number of benzene rings is 2. The van der Waals surface area contributed by atoms with Crippen LogP contribution >= 0.6 is 11.8 Å². The van der Waals surface area contributed by atoms with Crippen molar-refractivity contribution in [2.45, 2.75) is 17.0 Å². The van der Waals surface area contributed by atoms with Crippen LogP contribution in [-0.2, 0) is 16.1 Å². The molecule has 5 rings (SSSR count). The molecular formula is C25H24N4O3S. The quantitative estimate of drug-likeness (QED) is 0.383. The van der Waals surface area contributed by atoms with E-state index in [0.29, 0.717) is 49.6 Å². The number of aromatic nitrogens is 3. The lowest BCUT2D eigenvalue weighted by Gasteiger charge is -2.30. The second-order valence-corrected chi connectivity index (χ2v) is 8.77. The molecule has 1 fully saturated rings. The summed E-state index contributed by atoms with van der Waals surface area (Å²) in [6.45, 7) is 2.88. The first kappa shape index (κ1) is 21.5. The van der Waals surface area contributed by atoms with Gasteiger partial charge in [0.05, 0.1) is 26.0 Å². The van der Waals surface area contributed by atoms with E-state index in [4.69, 9.17) is 9.15 Å². The van der Waals surface area contributed by atoms with Crippen molar-refractivity contribution >= 4 is 17.7 Å². The van der Waals surface area contributed by atoms with Crippen LogP contribution in [0.2, 0.25) is 0 Å². The van der Waals surface area contributed by atoms with Gasteiger partial charge >= 0.3 is 0 Å². The van der Waals surface area contributed by atoms with Gasteiger partial charge in [0.2, 0.25) is 11.7 Å². The molecule has 0 radical (unpaired) electrons. The monoisotopic (exact) mass is 460 g/mol. The third-order valence-corrected chi connectivity index (χ3v) is 6.74. The normalized spacial score (nSPS) is 14.8. The SMILES string of the molecule is O=C([C@@H](Sc1nnc(-c2ccco2)n1Cc1ccccc1)c1ccccc1)N1CCOCC1. The van der Waals surface area contributed by atoms with E-state index in [1.165, 1.54) is 11.8 Å². The predicted octanol–water partition coefficient (Wildman–Crippen LogP) is 4.28. The molecule has 1 amide bonds. The Morgan fingerprint density at radius 2 is 1.67 bits per heavy atom. The molecule has 0 bridgehead atoms. The van der Waals surface area contributed by atoms with Crippen molar-refractivity contribution in [1.82, 2.24) is 19.7 Å². The number of hydrogen-bond donors (Lipinski definition) is 0. The number of carbonyl (C=O) groups excluding carboxylic acids is 1. The summed E-state index contributed by atoms with van der Waals surface area (Å²) in [4.78, 5) is 15.5. The zero-order valence-corrected chi connectivity index (χ0v) is 18.9. The molecule has 1 aliphatic heterocycles. The second kappa shape index (κ2) is 10.1. The van der Waals surface area contributed by atoms with E-state index in [0.717, 1.165) is 11.1 Å². The molecule has 0 unspecified atom stereocenters. The largest absolute Gasteiger partial charge is 0.461 e. The van der Waals surface area contributed by atoms with Crippen LogP contribution in [0.1, 0.15) is 16.4 Å². The summed E-state index contributed by atoms with van der Waals surface area (Å²) in [6.07, 6.45) is 1.62. The fraction of sp³-hybridized carbons (Fsp3) is 0.240. The standard InChI is InChI=1S/C25H24N4O3S/c30-24(28-13-16-31-17-14-28)22(20-10-5-2-6-11-20)33-25-27-26-23(21-12-7-15-32-21)29(25)18-19-8-3-1-4-9-19/h1-12,15,22H,13-14,16-18H2/t22-/m0/s1. The van der Waals surface area contributed by atoms with Crippen LogP contribution in [0.4, 0.5) is 0 Å². The Kier molecular flexibility index (Phi) is 6.55. The minimum Gasteiger partial charge on any atom is -0.461 e. The Hall–Kier alpha value is -3.36. The van der Waals surface area contributed by atoms with Gasteiger partial charge in [0.1, 0.15) is 5.25 Å². The van der Waals surface area contributed by atoms with E-state index in [1.807, 2.05) is 70.1 Å². The van der Waals surface area contributed by atoms with Crippen LogP contribution in [0, 0.1) is 0 Å². The Balaban J connectivity index is 1.51. The molecule has 0 spiro atoms. The molecule has 1 atom stereocenters. The number of carbonyl (C=O) groups is 1. The van der Waals surface area contributed by atoms with Gasteiger partial charge in [0.15, 0.2) is 10.9 Å². The minimum atomic E-state index is -0.438. The molecule has 168 valence electrons. The van der Waals surface area contributed by atoms with Crippen molar-refractivity contribution in [2.75, 3.05) is 26.3 Å². The average Bonchev–Trinajstić information content (AvgIpc) is 3.54. The third-order valence-electron chi connectivity index (χ3n) is 5.51. The molecule has 8 heteroatoms. The molecule has 1 aliphatic rings. The molecule has 0 N–H and O–H groups in total. The molecule has 2 aromatic heterocycles. The highest BCUT2D eigenvalue weighted by atomic mass is 32.2. The van der Waals surface area contributed by atoms with Gasteiger partial charge in [-0.05, 0) is 23.3 Å². The van der Waals surface area contributed by atoms with Gasteiger partial charge in [-0.25, -0.2) is 0 Å². The Bertz CT molecular complexity index is 1170. The lowest BCUT2D eigenvalue weighted by Crippen LogP contribution is -2.42. The van der Waals surface area contributed by atoms with Gasteiger partial charge in [0.25, 0.3) is 0 Å². The first-order chi connectivity index (χ1) is 16.3. The maximum Gasteiger partial charge on any atom is 0.240 e. The first-order valence-electron chi connectivity index (χ1n) is 10.9. The summed E-state index contributed by atoms with van der Waals surface area (Å²) in [6, 6.07) is 23.7. The van der Waals surface area contributed by atoms with Crippen molar-refractivity contribution < 1.29 is 13.9 Å². The van der Waals surface area contributed by atoms with E-state index >= 15 is 0 Å². The van der Waals surface area contributed by atoms with Gasteiger partial charge < -0.3 is 14.1 Å². The van der Waals surface area contributed by atoms with Crippen molar-refractivity contribution in [3.63, 3.8) is 0 Å². The smallest absolute Gasteiger partial charge is 0.240 e. The molecule has 3 heterocycles. The molecule has 1 saturated heterocycles. The van der Waals surface area contributed by atoms with Gasteiger partial charge in [-0.3, -0.25) is 9.36 Å². The minimum absolute atomic E-state index is 0.0586. The molecule has 7 nitrogen and oxygen atoms in total. The van der Waals surface area contributed by atoms with E-state index in [1.54, 1.807) is 6.26 Å². The first-order valence-corrected chi connectivity index (χ1v) is 11.8. The van der Waals surface area contributed by atoms with E-state index in [9.17, 15) is 4.79 Å². The van der Waals surface area contributed by atoms with Gasteiger partial charge in [-0.1, -0.05) is 72.4 Å². The zero-order chi connectivity index (χ0) is 22.5. The summed E-state index contributed by atoms with van der Waals surface area (Å²) in [5, 5.41) is 9.14. The number of rotatable bonds is 7. The van der Waals surface area contributed by atoms with Crippen LogP contribution in [0.5, 0.6) is 0 Å². The topological polar surface area (TPSA) is 73.4 Å². The Morgan fingerprint density at radius 1 is 0.939 bits per heavy atom. The number of nitrogens with zero attached hydrogens (tertiary/aromatic N) is 4. The number of morpholine rings is 1. The molecule has 0 saturated carbocycles. The lowest BCUT2D eigenvalue weighted by atomic mass is 10.1. The Labute approximate surface area is 196 Å². The van der Waals surface area contributed by atoms with Crippen LogP contribution < -0.4 is 0 Å². The van der Waals surface area contributed by atoms with E-state index in [2.05, 4.69) is 22.3 Å². The van der Waals surface area contributed by atoms with Gasteiger partial charge in [-0.2, -0.15) is 0 Å². The predicted molar refractivity (Wildman–Crippen MR) is 126 cm³/mol. The van der Waals surface area contributed by atoms with Crippen LogP contribution in [0.15, 0.2) is 88.6 Å². The fourth-order valence-electron chi connectivity index (χ4n) is 3.82. The van der Waals surface area contributed by atoms with Gasteiger partial charge in [0, 0.05) is 13.1 Å². The molecule has 4 aromatic rings. The molecule has 0 aliphatic carbocycles. The van der Waals surface area contributed by atoms with Crippen molar-refractivity contribution in [3.8, 4) is 11.6 Å².